The highest BCUT2D eigenvalue weighted by molar-refractivity contribution is 5.58. The van der Waals surface area contributed by atoms with Crippen molar-refractivity contribution in [2.45, 2.75) is 44.9 Å². The first-order valence-corrected chi connectivity index (χ1v) is 8.96. The maximum absolute atomic E-state index is 12.2. The summed E-state index contributed by atoms with van der Waals surface area (Å²) in [7, 11) is 0. The van der Waals surface area contributed by atoms with Gasteiger partial charge in [-0.3, -0.25) is 9.78 Å². The third kappa shape index (κ3) is 2.45. The number of hydrogen-bond donors (Lipinski definition) is 2. The topological polar surface area (TPSA) is 112 Å². The van der Waals surface area contributed by atoms with Crippen molar-refractivity contribution < 1.29 is 0 Å². The lowest BCUT2D eigenvalue weighted by Crippen LogP contribution is -2.43. The van der Waals surface area contributed by atoms with E-state index >= 15 is 0 Å². The number of nitrogen functional groups attached to an aromatic ring is 1. The Hall–Kier alpha value is -2.88. The zero-order valence-corrected chi connectivity index (χ0v) is 15.1. The molecule has 0 bridgehead atoms. The maximum atomic E-state index is 12.2. The molecule has 1 aliphatic carbocycles. The molecule has 4 rings (SSSR count). The second kappa shape index (κ2) is 5.84. The lowest BCUT2D eigenvalue weighted by atomic mass is 9.76. The number of nitriles is 1. The van der Waals surface area contributed by atoms with Gasteiger partial charge in [0.2, 0.25) is 5.95 Å². The smallest absolute Gasteiger partial charge is 0.255 e. The summed E-state index contributed by atoms with van der Waals surface area (Å²) in [6.45, 7) is 5.49. The van der Waals surface area contributed by atoms with Crippen LogP contribution in [0.3, 0.4) is 0 Å². The van der Waals surface area contributed by atoms with Crippen LogP contribution in [0.4, 0.5) is 11.8 Å². The summed E-state index contributed by atoms with van der Waals surface area (Å²) < 4.78 is 0. The molecule has 2 aromatic heterocycles. The number of aromatic nitrogens is 3. The fraction of sp³-hybridized carbons (Fsp3) is 0.474. The van der Waals surface area contributed by atoms with Crippen LogP contribution >= 0.6 is 0 Å². The van der Waals surface area contributed by atoms with E-state index in [9.17, 15) is 10.1 Å². The fourth-order valence-corrected chi connectivity index (χ4v) is 4.49. The molecule has 1 aliphatic heterocycles. The summed E-state index contributed by atoms with van der Waals surface area (Å²) in [5, 5.41) is 9.54. The molecule has 0 saturated carbocycles. The van der Waals surface area contributed by atoms with Gasteiger partial charge in [0.05, 0.1) is 11.3 Å². The predicted octanol–water partition coefficient (Wildman–Crippen LogP) is 1.72. The molecule has 26 heavy (non-hydrogen) atoms. The lowest BCUT2D eigenvalue weighted by molar-refractivity contribution is 0.322. The number of nitrogens with one attached hydrogen (secondary N) is 1. The minimum absolute atomic E-state index is 0.0834. The normalized spacial score (nSPS) is 18.0. The molecule has 0 aromatic carbocycles. The zero-order valence-electron chi connectivity index (χ0n) is 15.1. The SMILES string of the molecule is Cc1cc(C)c(C#N)c(N2CCC3(CCc4c3nc(N)[nH]c4=O)CC2)n1. The van der Waals surface area contributed by atoms with E-state index in [1.807, 2.05) is 19.9 Å². The van der Waals surface area contributed by atoms with E-state index in [1.54, 1.807) is 0 Å². The third-order valence-corrected chi connectivity index (χ3v) is 5.85. The Bertz CT molecular complexity index is 979. The van der Waals surface area contributed by atoms with Crippen LogP contribution in [0.15, 0.2) is 10.9 Å². The molecule has 1 saturated heterocycles. The number of rotatable bonds is 1. The Labute approximate surface area is 151 Å². The summed E-state index contributed by atoms with van der Waals surface area (Å²) in [6, 6.07) is 4.25. The predicted molar refractivity (Wildman–Crippen MR) is 99.1 cm³/mol. The Morgan fingerprint density at radius 2 is 2.00 bits per heavy atom. The molecule has 2 aromatic rings. The van der Waals surface area contributed by atoms with E-state index in [0.29, 0.717) is 5.56 Å². The van der Waals surface area contributed by atoms with E-state index in [4.69, 9.17) is 5.73 Å². The van der Waals surface area contributed by atoms with Gasteiger partial charge in [-0.2, -0.15) is 5.26 Å². The Kier molecular flexibility index (Phi) is 3.72. The van der Waals surface area contributed by atoms with E-state index in [0.717, 1.165) is 67.1 Å². The zero-order chi connectivity index (χ0) is 18.5. The quantitative estimate of drug-likeness (QED) is 0.810. The number of anilines is 2. The number of aryl methyl sites for hydroxylation is 2. The lowest BCUT2D eigenvalue weighted by Gasteiger charge is -2.40. The first-order valence-electron chi connectivity index (χ1n) is 8.96. The first kappa shape index (κ1) is 16.6. The van der Waals surface area contributed by atoms with Crippen molar-refractivity contribution >= 4 is 11.8 Å². The van der Waals surface area contributed by atoms with Gasteiger partial charge in [-0.15, -0.1) is 0 Å². The summed E-state index contributed by atoms with van der Waals surface area (Å²) >= 11 is 0. The molecular formula is C19H22N6O. The van der Waals surface area contributed by atoms with Gasteiger partial charge >= 0.3 is 0 Å². The van der Waals surface area contributed by atoms with Gasteiger partial charge < -0.3 is 10.6 Å². The van der Waals surface area contributed by atoms with E-state index in [2.05, 4.69) is 25.9 Å². The van der Waals surface area contributed by atoms with Gasteiger partial charge in [0, 0.05) is 29.8 Å². The van der Waals surface area contributed by atoms with Crippen LogP contribution in [0.1, 0.15) is 47.3 Å². The van der Waals surface area contributed by atoms with Crippen molar-refractivity contribution in [3.8, 4) is 6.07 Å². The first-order chi connectivity index (χ1) is 12.4. The van der Waals surface area contributed by atoms with Gasteiger partial charge in [0.15, 0.2) is 0 Å². The molecule has 3 N–H and O–H groups in total. The summed E-state index contributed by atoms with van der Waals surface area (Å²) in [6.07, 6.45) is 3.45. The molecule has 3 heterocycles. The average Bonchev–Trinajstić information content (AvgIpc) is 2.94. The fourth-order valence-electron chi connectivity index (χ4n) is 4.49. The van der Waals surface area contributed by atoms with Crippen molar-refractivity contribution in [3.63, 3.8) is 0 Å². The summed E-state index contributed by atoms with van der Waals surface area (Å²) in [4.78, 5) is 26.1. The van der Waals surface area contributed by atoms with Crippen molar-refractivity contribution in [2.75, 3.05) is 23.7 Å². The number of nitrogens with zero attached hydrogens (tertiary/aromatic N) is 4. The molecule has 0 unspecified atom stereocenters. The van der Waals surface area contributed by atoms with Crippen molar-refractivity contribution in [1.29, 1.82) is 5.26 Å². The molecule has 134 valence electrons. The largest absolute Gasteiger partial charge is 0.369 e. The van der Waals surface area contributed by atoms with E-state index < -0.39 is 0 Å². The van der Waals surface area contributed by atoms with Crippen molar-refractivity contribution in [3.05, 3.63) is 44.5 Å². The molecule has 0 amide bonds. The minimum atomic E-state index is -0.102. The number of H-pyrrole nitrogens is 1. The number of pyridine rings is 1. The number of aromatic amines is 1. The van der Waals surface area contributed by atoms with Crippen LogP contribution in [0.2, 0.25) is 0 Å². The van der Waals surface area contributed by atoms with E-state index in [1.165, 1.54) is 0 Å². The molecular weight excluding hydrogens is 328 g/mol. The minimum Gasteiger partial charge on any atom is -0.369 e. The van der Waals surface area contributed by atoms with Crippen LogP contribution in [-0.2, 0) is 11.8 Å². The summed E-state index contributed by atoms with van der Waals surface area (Å²) in [5.74, 6) is 0.969. The van der Waals surface area contributed by atoms with Crippen LogP contribution in [-0.4, -0.2) is 28.0 Å². The summed E-state index contributed by atoms with van der Waals surface area (Å²) in [5.41, 5.74) is 9.80. The molecule has 2 aliphatic rings. The number of nitrogens with two attached hydrogens (primary N) is 1. The van der Waals surface area contributed by atoms with Crippen molar-refractivity contribution in [1.82, 2.24) is 15.0 Å². The van der Waals surface area contributed by atoms with Crippen LogP contribution in [0.5, 0.6) is 0 Å². The highest BCUT2D eigenvalue weighted by Gasteiger charge is 2.44. The average molecular weight is 350 g/mol. The molecule has 0 radical (unpaired) electrons. The van der Waals surface area contributed by atoms with Gasteiger partial charge in [0.25, 0.3) is 5.56 Å². The molecule has 7 heteroatoms. The monoisotopic (exact) mass is 350 g/mol. The van der Waals surface area contributed by atoms with Crippen molar-refractivity contribution in [2.24, 2.45) is 0 Å². The Morgan fingerprint density at radius 3 is 2.69 bits per heavy atom. The van der Waals surface area contributed by atoms with Gasteiger partial charge in [0.1, 0.15) is 11.9 Å². The van der Waals surface area contributed by atoms with Crippen LogP contribution < -0.4 is 16.2 Å². The Morgan fingerprint density at radius 1 is 1.27 bits per heavy atom. The third-order valence-electron chi connectivity index (χ3n) is 5.85. The number of piperidine rings is 1. The van der Waals surface area contributed by atoms with Gasteiger partial charge in [-0.1, -0.05) is 0 Å². The van der Waals surface area contributed by atoms with Crippen LogP contribution in [0.25, 0.3) is 0 Å². The molecule has 0 atom stereocenters. The van der Waals surface area contributed by atoms with Gasteiger partial charge in [-0.25, -0.2) is 9.97 Å². The van der Waals surface area contributed by atoms with Crippen LogP contribution in [0, 0.1) is 25.2 Å². The second-order valence-corrected chi connectivity index (χ2v) is 7.44. The number of hydrogen-bond acceptors (Lipinski definition) is 6. The molecule has 1 spiro atoms. The van der Waals surface area contributed by atoms with Gasteiger partial charge in [-0.05, 0) is 51.2 Å². The standard InChI is InChI=1S/C19H22N6O/c1-11-9-12(2)22-16(14(11)10-20)25-7-5-19(6-8-25)4-3-13-15(19)23-18(21)24-17(13)26/h9H,3-8H2,1-2H3,(H3,21,23,24,26). The highest BCUT2D eigenvalue weighted by atomic mass is 16.1. The second-order valence-electron chi connectivity index (χ2n) is 7.44. The maximum Gasteiger partial charge on any atom is 0.255 e. The molecule has 7 nitrogen and oxygen atoms in total. The molecule has 1 fully saturated rings. The Balaban J connectivity index is 1.65. The highest BCUT2D eigenvalue weighted by Crippen LogP contribution is 2.45. The van der Waals surface area contributed by atoms with E-state index in [-0.39, 0.29) is 16.9 Å². The number of fused-ring (bicyclic) bond motifs is 2.